The van der Waals surface area contributed by atoms with E-state index < -0.39 is 0 Å². The van der Waals surface area contributed by atoms with Gasteiger partial charge in [0.1, 0.15) is 0 Å². The molecule has 5 heteroatoms. The minimum Gasteiger partial charge on any atom is -0.392 e. The molecule has 0 aliphatic carbocycles. The Morgan fingerprint density at radius 1 is 1.32 bits per heavy atom. The third-order valence-corrected chi connectivity index (χ3v) is 3.34. The lowest BCUT2D eigenvalue weighted by Crippen LogP contribution is -2.37. The molecule has 5 nitrogen and oxygen atoms in total. The Morgan fingerprint density at radius 3 is 2.95 bits per heavy atom. The number of aliphatic hydroxyl groups is 1. The number of β-amino-alcohol motifs (C(OH)–C–C–N with tert-alkyl or cyclic N) is 1. The Kier molecular flexibility index (Phi) is 3.57. The van der Waals surface area contributed by atoms with Gasteiger partial charge in [-0.25, -0.2) is 0 Å². The molecule has 0 unspecified atom stereocenters. The number of rotatable bonds is 3. The summed E-state index contributed by atoms with van der Waals surface area (Å²) in [6, 6.07) is 9.77. The van der Waals surface area contributed by atoms with E-state index >= 15 is 0 Å². The van der Waals surface area contributed by atoms with Crippen LogP contribution in [0.3, 0.4) is 0 Å². The van der Waals surface area contributed by atoms with Crippen molar-refractivity contribution in [1.29, 1.82) is 0 Å². The third-order valence-electron chi connectivity index (χ3n) is 3.34. The van der Waals surface area contributed by atoms with Crippen molar-refractivity contribution in [1.82, 2.24) is 15.0 Å². The van der Waals surface area contributed by atoms with Crippen LogP contribution in [0.25, 0.3) is 11.4 Å². The molecule has 1 N–H and O–H groups in total. The zero-order valence-electron chi connectivity index (χ0n) is 10.7. The highest BCUT2D eigenvalue weighted by molar-refractivity contribution is 5.53. The summed E-state index contributed by atoms with van der Waals surface area (Å²) in [4.78, 5) is 6.55. The molecule has 19 heavy (non-hydrogen) atoms. The molecule has 1 aliphatic heterocycles. The first-order chi connectivity index (χ1) is 9.31. The van der Waals surface area contributed by atoms with Gasteiger partial charge in [-0.3, -0.25) is 4.90 Å². The van der Waals surface area contributed by atoms with Crippen molar-refractivity contribution in [2.45, 2.75) is 25.5 Å². The fourth-order valence-corrected chi connectivity index (χ4v) is 2.39. The molecular weight excluding hydrogens is 242 g/mol. The van der Waals surface area contributed by atoms with Crippen molar-refractivity contribution >= 4 is 0 Å². The van der Waals surface area contributed by atoms with Crippen LogP contribution >= 0.6 is 0 Å². The molecule has 0 saturated carbocycles. The number of benzene rings is 1. The topological polar surface area (TPSA) is 62.4 Å². The van der Waals surface area contributed by atoms with Crippen LogP contribution in [0, 0.1) is 0 Å². The van der Waals surface area contributed by atoms with Gasteiger partial charge in [-0.2, -0.15) is 4.98 Å². The van der Waals surface area contributed by atoms with Crippen molar-refractivity contribution in [3.8, 4) is 11.4 Å². The molecule has 3 rings (SSSR count). The minimum atomic E-state index is -0.231. The molecule has 0 bridgehead atoms. The van der Waals surface area contributed by atoms with E-state index in [0.29, 0.717) is 24.8 Å². The number of aromatic nitrogens is 2. The van der Waals surface area contributed by atoms with Gasteiger partial charge in [0.15, 0.2) is 0 Å². The lowest BCUT2D eigenvalue weighted by Gasteiger charge is -2.28. The molecule has 0 radical (unpaired) electrons. The predicted octanol–water partition coefficient (Wildman–Crippen LogP) is 1.69. The number of nitrogens with zero attached hydrogens (tertiary/aromatic N) is 3. The van der Waals surface area contributed by atoms with Gasteiger partial charge < -0.3 is 9.63 Å². The molecule has 1 aromatic heterocycles. The van der Waals surface area contributed by atoms with Crippen LogP contribution in [0.4, 0.5) is 0 Å². The summed E-state index contributed by atoms with van der Waals surface area (Å²) in [6.45, 7) is 2.26. The lowest BCUT2D eigenvalue weighted by atomic mass is 10.1. The molecule has 1 fully saturated rings. The van der Waals surface area contributed by atoms with Crippen molar-refractivity contribution in [2.24, 2.45) is 0 Å². The number of likely N-dealkylation sites (tertiary alicyclic amines) is 1. The molecule has 1 atom stereocenters. The van der Waals surface area contributed by atoms with Crippen LogP contribution in [0.15, 0.2) is 34.9 Å². The Balaban J connectivity index is 1.68. The second-order valence-corrected chi connectivity index (χ2v) is 4.91. The van der Waals surface area contributed by atoms with E-state index in [1.165, 1.54) is 0 Å². The van der Waals surface area contributed by atoms with Crippen LogP contribution in [0.5, 0.6) is 0 Å². The van der Waals surface area contributed by atoms with Gasteiger partial charge in [-0.05, 0) is 19.4 Å². The largest absolute Gasteiger partial charge is 0.392 e. The smallest absolute Gasteiger partial charge is 0.241 e. The molecular formula is C14H17N3O2. The molecule has 2 heterocycles. The summed E-state index contributed by atoms with van der Waals surface area (Å²) in [7, 11) is 0. The number of piperidine rings is 1. The van der Waals surface area contributed by atoms with Crippen molar-refractivity contribution < 1.29 is 9.63 Å². The van der Waals surface area contributed by atoms with E-state index in [4.69, 9.17) is 4.52 Å². The first kappa shape index (κ1) is 12.3. The Morgan fingerprint density at radius 2 is 2.16 bits per heavy atom. The van der Waals surface area contributed by atoms with Crippen molar-refractivity contribution in [3.63, 3.8) is 0 Å². The van der Waals surface area contributed by atoms with E-state index in [9.17, 15) is 5.11 Å². The van der Waals surface area contributed by atoms with Gasteiger partial charge in [0.05, 0.1) is 12.6 Å². The Bertz CT molecular complexity index is 526. The van der Waals surface area contributed by atoms with Crippen LogP contribution in [0.1, 0.15) is 18.7 Å². The SMILES string of the molecule is O[C@H]1CCCN(Cc2nc(-c3ccccc3)no2)C1. The van der Waals surface area contributed by atoms with Gasteiger partial charge in [-0.1, -0.05) is 35.5 Å². The van der Waals surface area contributed by atoms with E-state index in [-0.39, 0.29) is 6.10 Å². The van der Waals surface area contributed by atoms with Crippen LogP contribution in [-0.4, -0.2) is 39.3 Å². The number of hydrogen-bond donors (Lipinski definition) is 1. The third kappa shape index (κ3) is 3.00. The fourth-order valence-electron chi connectivity index (χ4n) is 2.39. The Labute approximate surface area is 111 Å². The maximum Gasteiger partial charge on any atom is 0.241 e. The van der Waals surface area contributed by atoms with Crippen LogP contribution in [-0.2, 0) is 6.54 Å². The summed E-state index contributed by atoms with van der Waals surface area (Å²) in [5.74, 6) is 1.22. The van der Waals surface area contributed by atoms with Gasteiger partial charge in [0.25, 0.3) is 0 Å². The average molecular weight is 259 g/mol. The molecule has 100 valence electrons. The summed E-state index contributed by atoms with van der Waals surface area (Å²) in [5, 5.41) is 13.6. The summed E-state index contributed by atoms with van der Waals surface area (Å²) < 4.78 is 5.27. The standard InChI is InChI=1S/C14H17N3O2/c18-12-7-4-8-17(9-12)10-13-15-14(16-19-13)11-5-2-1-3-6-11/h1-3,5-6,12,18H,4,7-10H2/t12-/m0/s1. The van der Waals surface area contributed by atoms with Gasteiger partial charge in [0, 0.05) is 12.1 Å². The van der Waals surface area contributed by atoms with Crippen LogP contribution in [0.2, 0.25) is 0 Å². The highest BCUT2D eigenvalue weighted by Gasteiger charge is 2.20. The second kappa shape index (κ2) is 5.50. The van der Waals surface area contributed by atoms with Crippen molar-refractivity contribution in [2.75, 3.05) is 13.1 Å². The summed E-state index contributed by atoms with van der Waals surface area (Å²) >= 11 is 0. The van der Waals surface area contributed by atoms with E-state index in [2.05, 4.69) is 15.0 Å². The second-order valence-electron chi connectivity index (χ2n) is 4.91. The van der Waals surface area contributed by atoms with Gasteiger partial charge >= 0.3 is 0 Å². The number of aliphatic hydroxyl groups excluding tert-OH is 1. The van der Waals surface area contributed by atoms with E-state index in [0.717, 1.165) is 24.9 Å². The first-order valence-electron chi connectivity index (χ1n) is 6.60. The molecule has 0 spiro atoms. The van der Waals surface area contributed by atoms with Gasteiger partial charge in [0.2, 0.25) is 11.7 Å². The molecule has 1 saturated heterocycles. The molecule has 2 aromatic rings. The fraction of sp³-hybridized carbons (Fsp3) is 0.429. The minimum absolute atomic E-state index is 0.231. The zero-order valence-corrected chi connectivity index (χ0v) is 10.7. The Hall–Kier alpha value is -1.72. The zero-order chi connectivity index (χ0) is 13.1. The normalized spacial score (nSPS) is 20.6. The maximum absolute atomic E-state index is 9.63. The monoisotopic (exact) mass is 259 g/mol. The van der Waals surface area contributed by atoms with E-state index in [1.54, 1.807) is 0 Å². The first-order valence-corrected chi connectivity index (χ1v) is 6.60. The summed E-state index contributed by atoms with van der Waals surface area (Å²) in [6.07, 6.45) is 1.67. The van der Waals surface area contributed by atoms with E-state index in [1.807, 2.05) is 30.3 Å². The molecule has 1 aliphatic rings. The highest BCUT2D eigenvalue weighted by Crippen LogP contribution is 2.17. The molecule has 1 aromatic carbocycles. The average Bonchev–Trinajstić information content (AvgIpc) is 2.88. The summed E-state index contributed by atoms with van der Waals surface area (Å²) in [5.41, 5.74) is 0.955. The number of hydrogen-bond acceptors (Lipinski definition) is 5. The molecule has 0 amide bonds. The van der Waals surface area contributed by atoms with Gasteiger partial charge in [-0.15, -0.1) is 0 Å². The lowest BCUT2D eigenvalue weighted by molar-refractivity contribution is 0.0613. The van der Waals surface area contributed by atoms with Crippen LogP contribution < -0.4 is 0 Å². The quantitative estimate of drug-likeness (QED) is 0.909. The maximum atomic E-state index is 9.63. The predicted molar refractivity (Wildman–Crippen MR) is 70.3 cm³/mol. The highest BCUT2D eigenvalue weighted by atomic mass is 16.5. The van der Waals surface area contributed by atoms with Crippen molar-refractivity contribution in [3.05, 3.63) is 36.2 Å².